The first-order chi connectivity index (χ1) is 8.00. The van der Waals surface area contributed by atoms with Crippen molar-refractivity contribution in [2.24, 2.45) is 0 Å². The molecule has 96 valence electrons. The third kappa shape index (κ3) is 5.02. The average molecular weight is 259 g/mol. The van der Waals surface area contributed by atoms with Crippen molar-refractivity contribution in [1.82, 2.24) is 10.2 Å². The van der Waals surface area contributed by atoms with E-state index in [2.05, 4.69) is 31.1 Å². The number of rotatable bonds is 6. The Morgan fingerprint density at radius 2 is 2.12 bits per heavy atom. The van der Waals surface area contributed by atoms with Crippen molar-refractivity contribution in [2.75, 3.05) is 20.1 Å². The highest BCUT2D eigenvalue weighted by Crippen LogP contribution is 2.15. The van der Waals surface area contributed by atoms with Gasteiger partial charge < -0.3 is 10.2 Å². The fourth-order valence-electron chi connectivity index (χ4n) is 1.40. The van der Waals surface area contributed by atoms with Crippen LogP contribution >= 0.6 is 11.6 Å². The summed E-state index contributed by atoms with van der Waals surface area (Å²) >= 11 is 5.62. The van der Waals surface area contributed by atoms with Gasteiger partial charge in [-0.2, -0.15) is 0 Å². The molecule has 0 atom stereocenters. The number of hydrogen-bond acceptors (Lipinski definition) is 2. The zero-order valence-electron chi connectivity index (χ0n) is 10.6. The first-order valence-corrected chi connectivity index (χ1v) is 6.23. The van der Waals surface area contributed by atoms with Crippen molar-refractivity contribution in [2.45, 2.75) is 26.4 Å². The lowest BCUT2D eigenvalue weighted by Gasteiger charge is -2.20. The van der Waals surface area contributed by atoms with E-state index in [1.165, 1.54) is 6.07 Å². The van der Waals surface area contributed by atoms with Crippen molar-refractivity contribution >= 4 is 11.6 Å². The van der Waals surface area contributed by atoms with Gasteiger partial charge in [-0.1, -0.05) is 17.7 Å². The number of likely N-dealkylation sites (N-methyl/N-ethyl adjacent to an activating group) is 1. The van der Waals surface area contributed by atoms with Gasteiger partial charge >= 0.3 is 0 Å². The summed E-state index contributed by atoms with van der Waals surface area (Å²) in [5.41, 5.74) is 0.916. The molecule has 1 rings (SSSR count). The average Bonchev–Trinajstić information content (AvgIpc) is 2.28. The van der Waals surface area contributed by atoms with Gasteiger partial charge in [-0.05, 0) is 38.6 Å². The van der Waals surface area contributed by atoms with Crippen LogP contribution in [0.25, 0.3) is 0 Å². The zero-order valence-corrected chi connectivity index (χ0v) is 11.4. The molecule has 0 aliphatic rings. The van der Waals surface area contributed by atoms with Crippen LogP contribution in [0.3, 0.4) is 0 Å². The molecule has 1 aromatic carbocycles. The Bertz CT molecular complexity index is 355. The minimum absolute atomic E-state index is 0.174. The fourth-order valence-corrected chi connectivity index (χ4v) is 1.51. The molecule has 1 aromatic rings. The summed E-state index contributed by atoms with van der Waals surface area (Å²) in [6, 6.07) is 5.45. The predicted octanol–water partition coefficient (Wildman–Crippen LogP) is 2.91. The molecular formula is C13H20ClFN2. The number of nitrogens with one attached hydrogen (secondary N) is 1. The molecule has 0 saturated carbocycles. The maximum Gasteiger partial charge on any atom is 0.142 e. The summed E-state index contributed by atoms with van der Waals surface area (Å²) in [6.45, 7) is 6.86. The standard InChI is InChI=1S/C13H20ClFN2/c1-10(2)17(3)7-6-16-9-11-4-5-12(14)13(15)8-11/h4-5,8,10,16H,6-7,9H2,1-3H3. The molecule has 0 unspecified atom stereocenters. The van der Waals surface area contributed by atoms with Crippen molar-refractivity contribution in [1.29, 1.82) is 0 Å². The molecule has 1 N–H and O–H groups in total. The molecule has 0 aromatic heterocycles. The van der Waals surface area contributed by atoms with Crippen molar-refractivity contribution in [3.8, 4) is 0 Å². The Balaban J connectivity index is 2.29. The van der Waals surface area contributed by atoms with Crippen LogP contribution in [0, 0.1) is 5.82 Å². The van der Waals surface area contributed by atoms with E-state index in [1.54, 1.807) is 6.07 Å². The molecule has 0 radical (unpaired) electrons. The molecule has 2 nitrogen and oxygen atoms in total. The van der Waals surface area contributed by atoms with Crippen molar-refractivity contribution < 1.29 is 4.39 Å². The normalized spacial score (nSPS) is 11.5. The second-order valence-electron chi connectivity index (χ2n) is 4.50. The van der Waals surface area contributed by atoms with Gasteiger partial charge in [-0.15, -0.1) is 0 Å². The van der Waals surface area contributed by atoms with Gasteiger partial charge in [0.2, 0.25) is 0 Å². The lowest BCUT2D eigenvalue weighted by atomic mass is 10.2. The van der Waals surface area contributed by atoms with E-state index in [-0.39, 0.29) is 10.8 Å². The van der Waals surface area contributed by atoms with Crippen LogP contribution in [0.1, 0.15) is 19.4 Å². The summed E-state index contributed by atoms with van der Waals surface area (Å²) < 4.78 is 13.2. The van der Waals surface area contributed by atoms with Crippen LogP contribution in [0.4, 0.5) is 4.39 Å². The number of benzene rings is 1. The van der Waals surface area contributed by atoms with E-state index in [0.29, 0.717) is 12.6 Å². The maximum absolute atomic E-state index is 13.2. The van der Waals surface area contributed by atoms with Gasteiger partial charge in [0.1, 0.15) is 5.82 Å². The summed E-state index contributed by atoms with van der Waals surface area (Å²) in [6.07, 6.45) is 0. The minimum Gasteiger partial charge on any atom is -0.311 e. The fraction of sp³-hybridized carbons (Fsp3) is 0.538. The number of nitrogens with zero attached hydrogens (tertiary/aromatic N) is 1. The molecule has 17 heavy (non-hydrogen) atoms. The van der Waals surface area contributed by atoms with Gasteiger partial charge in [0.25, 0.3) is 0 Å². The van der Waals surface area contributed by atoms with Crippen molar-refractivity contribution in [3.05, 3.63) is 34.6 Å². The Morgan fingerprint density at radius 3 is 2.71 bits per heavy atom. The van der Waals surface area contributed by atoms with Gasteiger partial charge in [-0.25, -0.2) is 4.39 Å². The highest BCUT2D eigenvalue weighted by atomic mass is 35.5. The molecule has 0 spiro atoms. The topological polar surface area (TPSA) is 15.3 Å². The summed E-state index contributed by atoms with van der Waals surface area (Å²) in [7, 11) is 2.09. The largest absolute Gasteiger partial charge is 0.311 e. The van der Waals surface area contributed by atoms with Gasteiger partial charge in [0.15, 0.2) is 0 Å². The molecule has 0 fully saturated rings. The second-order valence-corrected chi connectivity index (χ2v) is 4.91. The van der Waals surface area contributed by atoms with E-state index in [4.69, 9.17) is 11.6 Å². The van der Waals surface area contributed by atoms with Gasteiger partial charge in [0, 0.05) is 25.7 Å². The molecule has 0 aliphatic carbocycles. The van der Waals surface area contributed by atoms with Gasteiger partial charge in [-0.3, -0.25) is 0 Å². The van der Waals surface area contributed by atoms with Crippen LogP contribution < -0.4 is 5.32 Å². The monoisotopic (exact) mass is 258 g/mol. The first kappa shape index (κ1) is 14.4. The second kappa shape index (κ2) is 6.94. The molecule has 4 heteroatoms. The van der Waals surface area contributed by atoms with Crippen LogP contribution in [-0.2, 0) is 6.54 Å². The molecule has 0 heterocycles. The molecule has 0 amide bonds. The SMILES string of the molecule is CC(C)N(C)CCNCc1ccc(Cl)c(F)c1. The predicted molar refractivity (Wildman–Crippen MR) is 70.9 cm³/mol. The molecular weight excluding hydrogens is 239 g/mol. The van der Waals surface area contributed by atoms with E-state index in [0.717, 1.165) is 18.7 Å². The van der Waals surface area contributed by atoms with Crippen LogP contribution in [-0.4, -0.2) is 31.1 Å². The lowest BCUT2D eigenvalue weighted by molar-refractivity contribution is 0.273. The van der Waals surface area contributed by atoms with E-state index in [1.807, 2.05) is 6.07 Å². The summed E-state index contributed by atoms with van der Waals surface area (Å²) in [5.74, 6) is -0.356. The Morgan fingerprint density at radius 1 is 1.41 bits per heavy atom. The van der Waals surface area contributed by atoms with E-state index >= 15 is 0 Å². The lowest BCUT2D eigenvalue weighted by Crippen LogP contribution is -2.33. The molecule has 0 saturated heterocycles. The Kier molecular flexibility index (Phi) is 5.89. The highest BCUT2D eigenvalue weighted by Gasteiger charge is 2.03. The quantitative estimate of drug-likeness (QED) is 0.790. The summed E-state index contributed by atoms with van der Waals surface area (Å²) in [5, 5.41) is 3.46. The third-order valence-electron chi connectivity index (χ3n) is 2.84. The zero-order chi connectivity index (χ0) is 12.8. The van der Waals surface area contributed by atoms with Crippen molar-refractivity contribution in [3.63, 3.8) is 0 Å². The third-order valence-corrected chi connectivity index (χ3v) is 3.14. The van der Waals surface area contributed by atoms with Gasteiger partial charge in [0.05, 0.1) is 5.02 Å². The number of halogens is 2. The first-order valence-electron chi connectivity index (χ1n) is 5.85. The van der Waals surface area contributed by atoms with Crippen LogP contribution in [0.15, 0.2) is 18.2 Å². The van der Waals surface area contributed by atoms with Crippen LogP contribution in [0.2, 0.25) is 5.02 Å². The molecule has 0 bridgehead atoms. The summed E-state index contributed by atoms with van der Waals surface area (Å²) in [4.78, 5) is 2.26. The molecule has 0 aliphatic heterocycles. The Labute approximate surface area is 108 Å². The smallest absolute Gasteiger partial charge is 0.142 e. The minimum atomic E-state index is -0.356. The number of hydrogen-bond donors (Lipinski definition) is 1. The maximum atomic E-state index is 13.2. The van der Waals surface area contributed by atoms with Crippen LogP contribution in [0.5, 0.6) is 0 Å². The Hall–Kier alpha value is -0.640. The van der Waals surface area contributed by atoms with E-state index in [9.17, 15) is 4.39 Å². The highest BCUT2D eigenvalue weighted by molar-refractivity contribution is 6.30. The van der Waals surface area contributed by atoms with E-state index < -0.39 is 0 Å².